The Labute approximate surface area is 101 Å². The van der Waals surface area contributed by atoms with Crippen LogP contribution in [0.15, 0.2) is 24.3 Å². The molecule has 0 bridgehead atoms. The quantitative estimate of drug-likeness (QED) is 0.818. The molecular formula is C13H19NO3. The van der Waals surface area contributed by atoms with Gasteiger partial charge in [-0.2, -0.15) is 0 Å². The second kappa shape index (κ2) is 5.68. The van der Waals surface area contributed by atoms with Crippen molar-refractivity contribution in [2.75, 3.05) is 7.05 Å². The zero-order valence-corrected chi connectivity index (χ0v) is 10.4. The smallest absolute Gasteiger partial charge is 0.321 e. The first-order valence-corrected chi connectivity index (χ1v) is 5.64. The predicted octanol–water partition coefficient (Wildman–Crippen LogP) is 1.73. The maximum atomic E-state index is 11.2. The minimum Gasteiger partial charge on any atom is -0.508 e. The third-order valence-corrected chi connectivity index (χ3v) is 2.96. The molecule has 4 heteroatoms. The van der Waals surface area contributed by atoms with E-state index in [-0.39, 0.29) is 11.8 Å². The Kier molecular flexibility index (Phi) is 4.52. The number of benzene rings is 1. The molecular weight excluding hydrogens is 218 g/mol. The molecule has 0 amide bonds. The van der Waals surface area contributed by atoms with Crippen molar-refractivity contribution in [2.24, 2.45) is 0 Å². The normalized spacial score (nSPS) is 13.0. The second-order valence-corrected chi connectivity index (χ2v) is 4.48. The molecule has 1 rings (SSSR count). The first-order valence-electron chi connectivity index (χ1n) is 5.64. The number of carboxylic acids is 1. The van der Waals surface area contributed by atoms with Crippen molar-refractivity contribution < 1.29 is 15.0 Å². The van der Waals surface area contributed by atoms with E-state index in [2.05, 4.69) is 0 Å². The van der Waals surface area contributed by atoms with Crippen molar-refractivity contribution >= 4 is 5.97 Å². The van der Waals surface area contributed by atoms with Gasteiger partial charge in [-0.25, -0.2) is 0 Å². The van der Waals surface area contributed by atoms with E-state index in [0.717, 1.165) is 5.56 Å². The van der Waals surface area contributed by atoms with Gasteiger partial charge in [0.1, 0.15) is 11.8 Å². The molecule has 0 heterocycles. The van der Waals surface area contributed by atoms with Crippen LogP contribution in [-0.4, -0.2) is 40.2 Å². The largest absolute Gasteiger partial charge is 0.508 e. The van der Waals surface area contributed by atoms with Crippen LogP contribution in [0.2, 0.25) is 0 Å². The Hall–Kier alpha value is -1.55. The van der Waals surface area contributed by atoms with Crippen LogP contribution in [0.25, 0.3) is 0 Å². The van der Waals surface area contributed by atoms with Gasteiger partial charge in [0.2, 0.25) is 0 Å². The number of rotatable bonds is 5. The maximum absolute atomic E-state index is 11.2. The number of carboxylic acid groups (broad SMARTS) is 1. The first-order chi connectivity index (χ1) is 7.91. The van der Waals surface area contributed by atoms with E-state index in [1.165, 1.54) is 0 Å². The lowest BCUT2D eigenvalue weighted by molar-refractivity contribution is -0.143. The Bertz CT molecular complexity index is 373. The molecule has 0 spiro atoms. The lowest BCUT2D eigenvalue weighted by atomic mass is 10.0. The minimum atomic E-state index is -0.825. The summed E-state index contributed by atoms with van der Waals surface area (Å²) in [4.78, 5) is 13.1. The predicted molar refractivity (Wildman–Crippen MR) is 66.1 cm³/mol. The minimum absolute atomic E-state index is 0.174. The highest BCUT2D eigenvalue weighted by molar-refractivity contribution is 5.74. The summed E-state index contributed by atoms with van der Waals surface area (Å²) in [6.45, 7) is 3.93. The van der Waals surface area contributed by atoms with Gasteiger partial charge in [0.05, 0.1) is 0 Å². The van der Waals surface area contributed by atoms with Gasteiger partial charge in [0, 0.05) is 6.04 Å². The van der Waals surface area contributed by atoms with Crippen LogP contribution < -0.4 is 0 Å². The standard InChI is InChI=1S/C13H19NO3/c1-9(2)14(3)12(13(16)17)8-10-4-6-11(15)7-5-10/h4-7,9,12,15H,8H2,1-3H3,(H,16,17). The van der Waals surface area contributed by atoms with Crippen LogP contribution in [0.1, 0.15) is 19.4 Å². The molecule has 0 fully saturated rings. The molecule has 4 nitrogen and oxygen atoms in total. The molecule has 1 atom stereocenters. The number of carbonyl (C=O) groups is 1. The molecule has 17 heavy (non-hydrogen) atoms. The van der Waals surface area contributed by atoms with Crippen molar-refractivity contribution in [1.82, 2.24) is 4.90 Å². The van der Waals surface area contributed by atoms with E-state index in [1.807, 2.05) is 25.8 Å². The van der Waals surface area contributed by atoms with Gasteiger partial charge in [0.25, 0.3) is 0 Å². The molecule has 1 aromatic rings. The number of phenolic OH excluding ortho intramolecular Hbond substituents is 1. The Morgan fingerprint density at radius 3 is 2.24 bits per heavy atom. The maximum Gasteiger partial charge on any atom is 0.321 e. The van der Waals surface area contributed by atoms with E-state index in [1.54, 1.807) is 24.3 Å². The highest BCUT2D eigenvalue weighted by atomic mass is 16.4. The molecule has 0 aliphatic carbocycles. The van der Waals surface area contributed by atoms with Crippen molar-refractivity contribution in [2.45, 2.75) is 32.4 Å². The summed E-state index contributed by atoms with van der Waals surface area (Å²) < 4.78 is 0. The van der Waals surface area contributed by atoms with Gasteiger partial charge in [-0.15, -0.1) is 0 Å². The van der Waals surface area contributed by atoms with Gasteiger partial charge in [0.15, 0.2) is 0 Å². The number of hydrogen-bond acceptors (Lipinski definition) is 3. The SMILES string of the molecule is CC(C)N(C)C(Cc1ccc(O)cc1)C(=O)O. The van der Waals surface area contributed by atoms with Crippen LogP contribution in [0.3, 0.4) is 0 Å². The number of aliphatic carboxylic acids is 1. The van der Waals surface area contributed by atoms with Gasteiger partial charge < -0.3 is 10.2 Å². The molecule has 0 aliphatic rings. The summed E-state index contributed by atoms with van der Waals surface area (Å²) in [6.07, 6.45) is 0.435. The molecule has 1 unspecified atom stereocenters. The summed E-state index contributed by atoms with van der Waals surface area (Å²) >= 11 is 0. The van der Waals surface area contributed by atoms with Crippen LogP contribution in [-0.2, 0) is 11.2 Å². The number of likely N-dealkylation sites (N-methyl/N-ethyl adjacent to an activating group) is 1. The summed E-state index contributed by atoms with van der Waals surface area (Å²) in [6, 6.07) is 6.28. The monoisotopic (exact) mass is 237 g/mol. The van der Waals surface area contributed by atoms with Crippen molar-refractivity contribution in [3.05, 3.63) is 29.8 Å². The van der Waals surface area contributed by atoms with Gasteiger partial charge in [-0.3, -0.25) is 9.69 Å². The number of hydrogen-bond donors (Lipinski definition) is 2. The zero-order valence-electron chi connectivity index (χ0n) is 10.4. The van der Waals surface area contributed by atoms with Crippen LogP contribution in [0.5, 0.6) is 5.75 Å². The molecule has 0 aliphatic heterocycles. The van der Waals surface area contributed by atoms with Gasteiger partial charge in [-0.05, 0) is 45.0 Å². The molecule has 1 aromatic carbocycles. The van der Waals surface area contributed by atoms with Gasteiger partial charge >= 0.3 is 5.97 Å². The average Bonchev–Trinajstić information content (AvgIpc) is 2.26. The average molecular weight is 237 g/mol. The van der Waals surface area contributed by atoms with Crippen molar-refractivity contribution in [3.63, 3.8) is 0 Å². The lowest BCUT2D eigenvalue weighted by Crippen LogP contribution is -2.43. The highest BCUT2D eigenvalue weighted by Crippen LogP contribution is 2.14. The van der Waals surface area contributed by atoms with E-state index in [0.29, 0.717) is 6.42 Å². The van der Waals surface area contributed by atoms with E-state index < -0.39 is 12.0 Å². The molecule has 94 valence electrons. The van der Waals surface area contributed by atoms with Crippen LogP contribution in [0, 0.1) is 0 Å². The third kappa shape index (κ3) is 3.75. The molecule has 0 radical (unpaired) electrons. The summed E-state index contributed by atoms with van der Waals surface area (Å²) in [7, 11) is 1.81. The number of phenols is 1. The summed E-state index contributed by atoms with van der Waals surface area (Å²) in [5.74, 6) is -0.632. The van der Waals surface area contributed by atoms with E-state index >= 15 is 0 Å². The Morgan fingerprint density at radius 2 is 1.82 bits per heavy atom. The van der Waals surface area contributed by atoms with Crippen LogP contribution >= 0.6 is 0 Å². The molecule has 0 aromatic heterocycles. The lowest BCUT2D eigenvalue weighted by Gasteiger charge is -2.28. The second-order valence-electron chi connectivity index (χ2n) is 4.48. The topological polar surface area (TPSA) is 60.8 Å². The molecule has 2 N–H and O–H groups in total. The van der Waals surface area contributed by atoms with Crippen LogP contribution in [0.4, 0.5) is 0 Å². The van der Waals surface area contributed by atoms with Crippen molar-refractivity contribution in [3.8, 4) is 5.75 Å². The fraction of sp³-hybridized carbons (Fsp3) is 0.462. The number of nitrogens with zero attached hydrogens (tertiary/aromatic N) is 1. The Morgan fingerprint density at radius 1 is 1.29 bits per heavy atom. The number of aromatic hydroxyl groups is 1. The highest BCUT2D eigenvalue weighted by Gasteiger charge is 2.24. The van der Waals surface area contributed by atoms with Gasteiger partial charge in [-0.1, -0.05) is 12.1 Å². The molecule has 0 saturated heterocycles. The fourth-order valence-corrected chi connectivity index (χ4v) is 1.62. The third-order valence-electron chi connectivity index (χ3n) is 2.96. The summed E-state index contributed by atoms with van der Waals surface area (Å²) in [5, 5.41) is 18.4. The summed E-state index contributed by atoms with van der Waals surface area (Å²) in [5.41, 5.74) is 0.905. The van der Waals surface area contributed by atoms with Crippen molar-refractivity contribution in [1.29, 1.82) is 0 Å². The van der Waals surface area contributed by atoms with E-state index in [4.69, 9.17) is 0 Å². The van der Waals surface area contributed by atoms with E-state index in [9.17, 15) is 15.0 Å². The fourth-order valence-electron chi connectivity index (χ4n) is 1.62. The first kappa shape index (κ1) is 13.5. The molecule has 0 saturated carbocycles. The zero-order chi connectivity index (χ0) is 13.0. The Balaban J connectivity index is 2.80.